The van der Waals surface area contributed by atoms with E-state index in [1.807, 2.05) is 30.3 Å². The number of hydrogen-bond donors (Lipinski definition) is 1. The molecule has 0 unspecified atom stereocenters. The summed E-state index contributed by atoms with van der Waals surface area (Å²) < 4.78 is 0. The minimum absolute atomic E-state index is 0.0857. The van der Waals surface area contributed by atoms with Crippen LogP contribution in [0.3, 0.4) is 0 Å². The number of hydroxylamine groups is 3. The molecule has 0 aromatic heterocycles. The van der Waals surface area contributed by atoms with Gasteiger partial charge in [-0.1, -0.05) is 43.2 Å². The Labute approximate surface area is 157 Å². The first-order valence-electron chi connectivity index (χ1n) is 9.09. The van der Waals surface area contributed by atoms with Crippen molar-refractivity contribution in [2.75, 3.05) is 0 Å². The lowest BCUT2D eigenvalue weighted by Crippen LogP contribution is -2.31. The molecule has 1 heterocycles. The van der Waals surface area contributed by atoms with E-state index in [0.29, 0.717) is 30.9 Å². The summed E-state index contributed by atoms with van der Waals surface area (Å²) in [7, 11) is 0. The standard InChI is InChI=1S/C19H24N2O6/c22-16-12-13-17(23)21(16)27-19(25)11-7-2-1-6-10-18(24)26-20-14-15-8-4-3-5-9-15/h3-5,8-9,20H,1-2,6-7,10-14H2. The summed E-state index contributed by atoms with van der Waals surface area (Å²) in [6, 6.07) is 9.61. The van der Waals surface area contributed by atoms with Gasteiger partial charge in [0.2, 0.25) is 0 Å². The Morgan fingerprint density at radius 1 is 0.889 bits per heavy atom. The highest BCUT2D eigenvalue weighted by molar-refractivity contribution is 6.01. The highest BCUT2D eigenvalue weighted by Gasteiger charge is 2.32. The van der Waals surface area contributed by atoms with Crippen LogP contribution in [0.15, 0.2) is 30.3 Å². The van der Waals surface area contributed by atoms with Crippen LogP contribution in [0.25, 0.3) is 0 Å². The van der Waals surface area contributed by atoms with Gasteiger partial charge < -0.3 is 9.68 Å². The first kappa shape index (κ1) is 20.6. The molecule has 0 atom stereocenters. The van der Waals surface area contributed by atoms with Gasteiger partial charge in [-0.05, 0) is 18.4 Å². The van der Waals surface area contributed by atoms with E-state index in [2.05, 4.69) is 5.48 Å². The van der Waals surface area contributed by atoms with Gasteiger partial charge in [-0.3, -0.25) is 14.4 Å². The SMILES string of the molecule is O=C(CCCCCCC(=O)ON1C(=O)CCC1=O)ONCc1ccccc1. The van der Waals surface area contributed by atoms with Crippen LogP contribution < -0.4 is 5.48 Å². The largest absolute Gasteiger partial charge is 0.370 e. The van der Waals surface area contributed by atoms with E-state index in [9.17, 15) is 19.2 Å². The van der Waals surface area contributed by atoms with E-state index in [4.69, 9.17) is 9.68 Å². The van der Waals surface area contributed by atoms with E-state index in [1.165, 1.54) is 0 Å². The van der Waals surface area contributed by atoms with Crippen LogP contribution in [0, 0.1) is 0 Å². The molecule has 0 radical (unpaired) electrons. The molecule has 1 fully saturated rings. The van der Waals surface area contributed by atoms with Gasteiger partial charge in [0.05, 0.1) is 6.54 Å². The third kappa shape index (κ3) is 7.57. The molecule has 1 aliphatic heterocycles. The van der Waals surface area contributed by atoms with Crippen molar-refractivity contribution < 1.29 is 28.9 Å². The second-order valence-electron chi connectivity index (χ2n) is 6.24. The molecule has 8 nitrogen and oxygen atoms in total. The van der Waals surface area contributed by atoms with Gasteiger partial charge in [-0.15, -0.1) is 10.5 Å². The number of nitrogens with zero attached hydrogens (tertiary/aromatic N) is 1. The molecule has 0 aliphatic carbocycles. The molecule has 8 heteroatoms. The van der Waals surface area contributed by atoms with Crippen molar-refractivity contribution in [2.45, 2.75) is 57.9 Å². The summed E-state index contributed by atoms with van der Waals surface area (Å²) >= 11 is 0. The van der Waals surface area contributed by atoms with Crippen LogP contribution in [-0.4, -0.2) is 28.8 Å². The van der Waals surface area contributed by atoms with E-state index in [-0.39, 0.29) is 25.2 Å². The topological polar surface area (TPSA) is 102 Å². The Morgan fingerprint density at radius 3 is 2.11 bits per heavy atom. The molecule has 1 aromatic carbocycles. The number of carbonyl (C=O) groups is 4. The molecule has 1 saturated heterocycles. The average molecular weight is 376 g/mol. The zero-order valence-electron chi connectivity index (χ0n) is 15.1. The summed E-state index contributed by atoms with van der Waals surface area (Å²) in [5, 5.41) is 0.556. The average Bonchev–Trinajstić information content (AvgIpc) is 2.97. The Kier molecular flexibility index (Phi) is 8.44. The fourth-order valence-corrected chi connectivity index (χ4v) is 2.54. The monoisotopic (exact) mass is 376 g/mol. The minimum atomic E-state index is -0.594. The summed E-state index contributed by atoms with van der Waals surface area (Å²) in [6.45, 7) is 0.455. The second kappa shape index (κ2) is 11.1. The van der Waals surface area contributed by atoms with Gasteiger partial charge >= 0.3 is 11.9 Å². The Hall–Kier alpha value is -2.74. The molecule has 2 rings (SSSR count). The van der Waals surface area contributed by atoms with Crippen molar-refractivity contribution >= 4 is 23.8 Å². The van der Waals surface area contributed by atoms with Gasteiger partial charge in [0, 0.05) is 25.7 Å². The maximum atomic E-state index is 11.6. The van der Waals surface area contributed by atoms with Gasteiger partial charge in [0.1, 0.15) is 0 Å². The van der Waals surface area contributed by atoms with Gasteiger partial charge in [-0.25, -0.2) is 4.79 Å². The van der Waals surface area contributed by atoms with Crippen LogP contribution >= 0.6 is 0 Å². The number of rotatable bonds is 11. The van der Waals surface area contributed by atoms with Crippen molar-refractivity contribution in [3.05, 3.63) is 35.9 Å². The smallest absolute Gasteiger partial charge is 0.333 e. The van der Waals surface area contributed by atoms with Gasteiger partial charge in [0.15, 0.2) is 0 Å². The predicted octanol–water partition coefficient (Wildman–Crippen LogP) is 2.18. The van der Waals surface area contributed by atoms with Crippen molar-refractivity contribution in [3.8, 4) is 0 Å². The summed E-state index contributed by atoms with van der Waals surface area (Å²) in [4.78, 5) is 55.6. The lowest BCUT2D eigenvalue weighted by Gasteiger charge is -2.12. The second-order valence-corrected chi connectivity index (χ2v) is 6.24. The van der Waals surface area contributed by atoms with Crippen LogP contribution in [0.5, 0.6) is 0 Å². The number of carbonyl (C=O) groups excluding carboxylic acids is 4. The van der Waals surface area contributed by atoms with Gasteiger partial charge in [-0.2, -0.15) is 0 Å². The Balaban J connectivity index is 1.45. The number of benzene rings is 1. The van der Waals surface area contributed by atoms with Crippen LogP contribution in [0.4, 0.5) is 0 Å². The summed E-state index contributed by atoms with van der Waals surface area (Å²) in [5.41, 5.74) is 3.66. The fraction of sp³-hybridized carbons (Fsp3) is 0.474. The van der Waals surface area contributed by atoms with Crippen molar-refractivity contribution in [2.24, 2.45) is 0 Å². The number of unbranched alkanes of at least 4 members (excludes halogenated alkanes) is 3. The normalized spacial score (nSPS) is 13.7. The van der Waals surface area contributed by atoms with Gasteiger partial charge in [0.25, 0.3) is 11.8 Å². The third-order valence-corrected chi connectivity index (χ3v) is 4.02. The highest BCUT2D eigenvalue weighted by Crippen LogP contribution is 2.14. The van der Waals surface area contributed by atoms with E-state index >= 15 is 0 Å². The number of amides is 2. The molecule has 1 aromatic rings. The lowest BCUT2D eigenvalue weighted by molar-refractivity contribution is -0.197. The number of nitrogens with one attached hydrogen (secondary N) is 1. The van der Waals surface area contributed by atoms with Crippen molar-refractivity contribution in [3.63, 3.8) is 0 Å². The van der Waals surface area contributed by atoms with E-state index in [0.717, 1.165) is 18.4 Å². The minimum Gasteiger partial charge on any atom is -0.370 e. The summed E-state index contributed by atoms with van der Waals surface area (Å²) in [5.74, 6) is -1.88. The molecule has 1 aliphatic rings. The van der Waals surface area contributed by atoms with Crippen molar-refractivity contribution in [1.82, 2.24) is 10.5 Å². The van der Waals surface area contributed by atoms with Crippen molar-refractivity contribution in [1.29, 1.82) is 0 Å². The number of hydrogen-bond acceptors (Lipinski definition) is 7. The fourth-order valence-electron chi connectivity index (χ4n) is 2.54. The highest BCUT2D eigenvalue weighted by atomic mass is 16.7. The molecule has 0 saturated carbocycles. The maximum absolute atomic E-state index is 11.6. The number of imide groups is 1. The molecule has 146 valence electrons. The van der Waals surface area contributed by atoms with Crippen LogP contribution in [0.2, 0.25) is 0 Å². The van der Waals surface area contributed by atoms with Crippen LogP contribution in [0.1, 0.15) is 56.9 Å². The molecular weight excluding hydrogens is 352 g/mol. The lowest BCUT2D eigenvalue weighted by atomic mass is 10.1. The third-order valence-electron chi connectivity index (χ3n) is 4.02. The quantitative estimate of drug-likeness (QED) is 0.359. The molecule has 1 N–H and O–H groups in total. The molecule has 0 bridgehead atoms. The maximum Gasteiger partial charge on any atom is 0.333 e. The summed E-state index contributed by atoms with van der Waals surface area (Å²) in [6.07, 6.45) is 3.32. The zero-order chi connectivity index (χ0) is 19.5. The Bertz CT molecular complexity index is 645. The van der Waals surface area contributed by atoms with E-state index in [1.54, 1.807) is 0 Å². The predicted molar refractivity (Wildman–Crippen MR) is 94.3 cm³/mol. The Morgan fingerprint density at radius 2 is 1.48 bits per heavy atom. The molecule has 2 amide bonds. The van der Waals surface area contributed by atoms with E-state index < -0.39 is 17.8 Å². The first-order valence-corrected chi connectivity index (χ1v) is 9.09. The molecule has 27 heavy (non-hydrogen) atoms. The molecule has 0 spiro atoms. The zero-order valence-corrected chi connectivity index (χ0v) is 15.1. The first-order chi connectivity index (χ1) is 13.1. The molecular formula is C19H24N2O6. The van der Waals surface area contributed by atoms with Crippen LogP contribution in [-0.2, 0) is 35.4 Å².